The second-order valence-electron chi connectivity index (χ2n) is 9.52. The number of rotatable bonds is 6. The Balaban J connectivity index is 1.50. The Morgan fingerprint density at radius 1 is 1.00 bits per heavy atom. The van der Waals surface area contributed by atoms with E-state index in [0.29, 0.717) is 6.54 Å². The highest BCUT2D eigenvalue weighted by atomic mass is 32.2. The van der Waals surface area contributed by atoms with Gasteiger partial charge in [0.05, 0.1) is 11.6 Å². The standard InChI is InChI=1S/C28H32N2O2S/c1-28(2,3)32-27(31)30-19-23-15-17-26(33-20-22-12-8-5-9-13-22)29-25(23)18-24(30)16-14-21-10-6-4-7-11-21/h4-13,15,17,24H,14,16,18-20H2,1-3H3. The van der Waals surface area contributed by atoms with Crippen LogP contribution in [0.2, 0.25) is 0 Å². The molecule has 0 aliphatic carbocycles. The average Bonchev–Trinajstić information content (AvgIpc) is 2.81. The van der Waals surface area contributed by atoms with Gasteiger partial charge in [-0.25, -0.2) is 9.78 Å². The van der Waals surface area contributed by atoms with E-state index in [9.17, 15) is 4.79 Å². The Bertz CT molecular complexity index is 1060. The molecule has 1 aliphatic heterocycles. The van der Waals surface area contributed by atoms with Gasteiger partial charge in [-0.2, -0.15) is 0 Å². The smallest absolute Gasteiger partial charge is 0.410 e. The van der Waals surface area contributed by atoms with E-state index in [1.165, 1.54) is 11.1 Å². The number of amides is 1. The molecule has 3 aromatic rings. The van der Waals surface area contributed by atoms with Gasteiger partial charge in [-0.15, -0.1) is 11.8 Å². The lowest BCUT2D eigenvalue weighted by Crippen LogP contribution is -2.47. The fourth-order valence-electron chi connectivity index (χ4n) is 4.06. The number of pyridine rings is 1. The minimum atomic E-state index is -0.516. The number of nitrogens with zero attached hydrogens (tertiary/aromatic N) is 2. The monoisotopic (exact) mass is 460 g/mol. The molecule has 1 amide bonds. The van der Waals surface area contributed by atoms with Gasteiger partial charge in [-0.1, -0.05) is 66.7 Å². The Morgan fingerprint density at radius 2 is 1.67 bits per heavy atom. The SMILES string of the molecule is CC(C)(C)OC(=O)N1Cc2ccc(SCc3ccccc3)nc2CC1CCc1ccccc1. The van der Waals surface area contributed by atoms with Crippen molar-refractivity contribution in [3.05, 3.63) is 95.2 Å². The molecule has 0 fully saturated rings. The number of aromatic nitrogens is 1. The molecule has 0 N–H and O–H groups in total. The van der Waals surface area contributed by atoms with Crippen molar-refractivity contribution in [2.45, 2.75) is 69.0 Å². The number of hydrogen-bond donors (Lipinski definition) is 0. The summed E-state index contributed by atoms with van der Waals surface area (Å²) in [7, 11) is 0. The molecule has 0 radical (unpaired) electrons. The van der Waals surface area contributed by atoms with Crippen LogP contribution in [0.25, 0.3) is 0 Å². The largest absolute Gasteiger partial charge is 0.444 e. The maximum Gasteiger partial charge on any atom is 0.410 e. The van der Waals surface area contributed by atoms with Gasteiger partial charge >= 0.3 is 6.09 Å². The van der Waals surface area contributed by atoms with Gasteiger partial charge in [0.2, 0.25) is 0 Å². The first kappa shape index (κ1) is 23.4. The second kappa shape index (κ2) is 10.4. The molecule has 4 rings (SSSR count). The molecular weight excluding hydrogens is 428 g/mol. The van der Waals surface area contributed by atoms with Gasteiger partial charge in [0.1, 0.15) is 5.60 Å². The molecule has 0 saturated heterocycles. The van der Waals surface area contributed by atoms with Crippen LogP contribution >= 0.6 is 11.8 Å². The summed E-state index contributed by atoms with van der Waals surface area (Å²) < 4.78 is 5.75. The zero-order valence-corrected chi connectivity index (χ0v) is 20.5. The minimum Gasteiger partial charge on any atom is -0.444 e. The number of fused-ring (bicyclic) bond motifs is 1. The number of carbonyl (C=O) groups excluding carboxylic acids is 1. The first-order valence-electron chi connectivity index (χ1n) is 11.6. The van der Waals surface area contributed by atoms with E-state index in [-0.39, 0.29) is 12.1 Å². The molecule has 0 spiro atoms. The van der Waals surface area contributed by atoms with Crippen molar-refractivity contribution in [1.29, 1.82) is 0 Å². The second-order valence-corrected chi connectivity index (χ2v) is 10.5. The lowest BCUT2D eigenvalue weighted by Gasteiger charge is -2.37. The molecule has 1 unspecified atom stereocenters. The van der Waals surface area contributed by atoms with Crippen LogP contribution in [0.5, 0.6) is 0 Å². The van der Waals surface area contributed by atoms with Gasteiger partial charge in [0.25, 0.3) is 0 Å². The Morgan fingerprint density at radius 3 is 2.33 bits per heavy atom. The summed E-state index contributed by atoms with van der Waals surface area (Å²) in [6.45, 7) is 6.29. The van der Waals surface area contributed by atoms with Crippen molar-refractivity contribution in [2.24, 2.45) is 0 Å². The first-order chi connectivity index (χ1) is 15.9. The van der Waals surface area contributed by atoms with Crippen LogP contribution in [0.15, 0.2) is 77.8 Å². The molecule has 2 aromatic carbocycles. The molecule has 172 valence electrons. The van der Waals surface area contributed by atoms with Crippen molar-refractivity contribution < 1.29 is 9.53 Å². The highest BCUT2D eigenvalue weighted by molar-refractivity contribution is 7.98. The van der Waals surface area contributed by atoms with Crippen LogP contribution in [-0.4, -0.2) is 27.6 Å². The van der Waals surface area contributed by atoms with Crippen LogP contribution in [0.4, 0.5) is 4.79 Å². The molecule has 5 heteroatoms. The molecular formula is C28H32N2O2S. The quantitative estimate of drug-likeness (QED) is 0.385. The van der Waals surface area contributed by atoms with Crippen LogP contribution in [0.3, 0.4) is 0 Å². The third-order valence-electron chi connectivity index (χ3n) is 5.72. The maximum atomic E-state index is 13.1. The van der Waals surface area contributed by atoms with E-state index in [0.717, 1.165) is 41.3 Å². The van der Waals surface area contributed by atoms with Crippen molar-refractivity contribution in [2.75, 3.05) is 0 Å². The summed E-state index contributed by atoms with van der Waals surface area (Å²) >= 11 is 1.76. The zero-order valence-electron chi connectivity index (χ0n) is 19.7. The van der Waals surface area contributed by atoms with E-state index in [1.54, 1.807) is 11.8 Å². The molecule has 1 aliphatic rings. The number of thioether (sulfide) groups is 1. The van der Waals surface area contributed by atoms with Crippen molar-refractivity contribution in [3.63, 3.8) is 0 Å². The van der Waals surface area contributed by atoms with E-state index >= 15 is 0 Å². The number of ether oxygens (including phenoxy) is 1. The van der Waals surface area contributed by atoms with Crippen molar-refractivity contribution in [1.82, 2.24) is 9.88 Å². The molecule has 2 heterocycles. The summed E-state index contributed by atoms with van der Waals surface area (Å²) in [4.78, 5) is 19.9. The predicted molar refractivity (Wildman–Crippen MR) is 134 cm³/mol. The normalized spacial score (nSPS) is 15.7. The van der Waals surface area contributed by atoms with Crippen molar-refractivity contribution in [3.8, 4) is 0 Å². The lowest BCUT2D eigenvalue weighted by atomic mass is 9.94. The summed E-state index contributed by atoms with van der Waals surface area (Å²) in [6.07, 6.45) is 2.31. The Hall–Kier alpha value is -2.79. The highest BCUT2D eigenvalue weighted by Crippen LogP contribution is 2.30. The molecule has 1 aromatic heterocycles. The lowest BCUT2D eigenvalue weighted by molar-refractivity contribution is 0.0108. The van der Waals surface area contributed by atoms with Gasteiger partial charge in [0, 0.05) is 23.9 Å². The Labute approximate surface area is 201 Å². The number of hydrogen-bond acceptors (Lipinski definition) is 4. The first-order valence-corrected chi connectivity index (χ1v) is 12.5. The van der Waals surface area contributed by atoms with E-state index in [1.807, 2.05) is 37.8 Å². The van der Waals surface area contributed by atoms with Crippen LogP contribution in [0.1, 0.15) is 49.6 Å². The van der Waals surface area contributed by atoms with Gasteiger partial charge in [0.15, 0.2) is 0 Å². The van der Waals surface area contributed by atoms with E-state index < -0.39 is 5.60 Å². The molecule has 1 atom stereocenters. The third-order valence-corrected chi connectivity index (χ3v) is 6.72. The summed E-state index contributed by atoms with van der Waals surface area (Å²) in [5, 5.41) is 1.03. The molecule has 33 heavy (non-hydrogen) atoms. The zero-order chi connectivity index (χ0) is 23.3. The predicted octanol–water partition coefficient (Wildman–Crippen LogP) is 6.67. The average molecular weight is 461 g/mol. The fourth-order valence-corrected chi connectivity index (χ4v) is 4.90. The van der Waals surface area contributed by atoms with E-state index in [2.05, 4.69) is 60.7 Å². The molecule has 0 bridgehead atoms. The maximum absolute atomic E-state index is 13.1. The topological polar surface area (TPSA) is 42.4 Å². The molecule has 4 nitrogen and oxygen atoms in total. The third kappa shape index (κ3) is 6.61. The number of benzene rings is 2. The number of aryl methyl sites for hydroxylation is 1. The van der Waals surface area contributed by atoms with Crippen molar-refractivity contribution >= 4 is 17.9 Å². The van der Waals surface area contributed by atoms with Gasteiger partial charge in [-0.05, 0) is 56.4 Å². The molecule has 0 saturated carbocycles. The van der Waals surface area contributed by atoms with E-state index in [4.69, 9.17) is 9.72 Å². The minimum absolute atomic E-state index is 0.0643. The fraction of sp³-hybridized carbons (Fsp3) is 0.357. The van der Waals surface area contributed by atoms with Gasteiger partial charge in [-0.3, -0.25) is 0 Å². The van der Waals surface area contributed by atoms with Gasteiger partial charge < -0.3 is 9.64 Å². The van der Waals surface area contributed by atoms with Crippen LogP contribution in [-0.2, 0) is 29.9 Å². The summed E-state index contributed by atoms with van der Waals surface area (Å²) in [6, 6.07) is 25.2. The van der Waals surface area contributed by atoms with Crippen LogP contribution < -0.4 is 0 Å². The summed E-state index contributed by atoms with van der Waals surface area (Å²) in [5.41, 5.74) is 4.27. The number of carbonyl (C=O) groups is 1. The highest BCUT2D eigenvalue weighted by Gasteiger charge is 2.33. The summed E-state index contributed by atoms with van der Waals surface area (Å²) in [5.74, 6) is 0.897. The van der Waals surface area contributed by atoms with Crippen LogP contribution in [0, 0.1) is 0 Å². The Kier molecular flexibility index (Phi) is 7.39.